The first kappa shape index (κ1) is 10.9. The highest BCUT2D eigenvalue weighted by Crippen LogP contribution is 2.23. The van der Waals surface area contributed by atoms with Gasteiger partial charge in [-0.25, -0.2) is 9.18 Å². The van der Waals surface area contributed by atoms with Crippen molar-refractivity contribution in [3.8, 4) is 0 Å². The zero-order chi connectivity index (χ0) is 19.4. The van der Waals surface area contributed by atoms with E-state index in [0.29, 0.717) is 11.4 Å². The Kier molecular flexibility index (Phi) is 3.62. The first-order chi connectivity index (χ1) is 12.3. The quantitative estimate of drug-likeness (QED) is 0.738. The van der Waals surface area contributed by atoms with Gasteiger partial charge in [0.15, 0.2) is 0 Å². The van der Waals surface area contributed by atoms with Crippen molar-refractivity contribution < 1.29 is 19.4 Å². The SMILES string of the molecule is [2H]c1c([2H])c(CNc2ccc(NC(=O)OCC)c(N)c2)c([2H])c([2H])c1F. The molecule has 0 heterocycles. The van der Waals surface area contributed by atoms with E-state index in [9.17, 15) is 9.18 Å². The Balaban J connectivity index is 2.16. The van der Waals surface area contributed by atoms with Crippen LogP contribution in [-0.4, -0.2) is 12.7 Å². The molecule has 2 rings (SSSR count). The zero-order valence-corrected chi connectivity index (χ0v) is 11.9. The lowest BCUT2D eigenvalue weighted by molar-refractivity contribution is 0.168. The minimum atomic E-state index is -1.18. The highest BCUT2D eigenvalue weighted by molar-refractivity contribution is 5.89. The molecule has 6 heteroatoms. The maximum atomic E-state index is 13.6. The van der Waals surface area contributed by atoms with Crippen LogP contribution in [0.4, 0.5) is 26.2 Å². The molecule has 0 bridgehead atoms. The Labute approximate surface area is 133 Å². The van der Waals surface area contributed by atoms with Crippen LogP contribution in [0.15, 0.2) is 42.4 Å². The highest BCUT2D eigenvalue weighted by atomic mass is 19.1. The van der Waals surface area contributed by atoms with Gasteiger partial charge < -0.3 is 15.8 Å². The number of carbonyl (C=O) groups is 1. The molecule has 22 heavy (non-hydrogen) atoms. The number of nitrogens with one attached hydrogen (secondary N) is 2. The first-order valence-electron chi connectivity index (χ1n) is 8.58. The Morgan fingerprint density at radius 1 is 1.36 bits per heavy atom. The summed E-state index contributed by atoms with van der Waals surface area (Å²) in [6.07, 6.45) is -0.630. The fraction of sp³-hybridized carbons (Fsp3) is 0.188. The maximum Gasteiger partial charge on any atom is 0.411 e. The van der Waals surface area contributed by atoms with Gasteiger partial charge in [0.25, 0.3) is 0 Å². The van der Waals surface area contributed by atoms with Crippen LogP contribution in [0.2, 0.25) is 0 Å². The lowest BCUT2D eigenvalue weighted by atomic mass is 10.2. The number of anilines is 3. The second kappa shape index (κ2) is 7.31. The molecular formula is C16H18FN3O2. The molecule has 0 atom stereocenters. The molecule has 0 fully saturated rings. The van der Waals surface area contributed by atoms with Crippen LogP contribution in [0.3, 0.4) is 0 Å². The smallest absolute Gasteiger partial charge is 0.411 e. The van der Waals surface area contributed by atoms with Crippen molar-refractivity contribution in [3.05, 3.63) is 53.7 Å². The summed E-state index contributed by atoms with van der Waals surface area (Å²) >= 11 is 0. The Bertz CT molecular complexity index is 820. The third kappa shape index (κ3) is 4.37. The number of hydrogen-bond donors (Lipinski definition) is 3. The van der Waals surface area contributed by atoms with E-state index in [2.05, 4.69) is 10.6 Å². The first-order valence-corrected chi connectivity index (χ1v) is 6.58. The summed E-state index contributed by atoms with van der Waals surface area (Å²) in [6.45, 7) is 1.85. The van der Waals surface area contributed by atoms with Crippen LogP contribution < -0.4 is 16.4 Å². The van der Waals surface area contributed by atoms with Crippen molar-refractivity contribution >= 4 is 23.2 Å². The van der Waals surface area contributed by atoms with Gasteiger partial charge in [-0.1, -0.05) is 12.1 Å². The molecule has 0 aliphatic heterocycles. The molecular weight excluding hydrogens is 285 g/mol. The Morgan fingerprint density at radius 2 is 2.09 bits per heavy atom. The van der Waals surface area contributed by atoms with Crippen LogP contribution >= 0.6 is 0 Å². The fourth-order valence-corrected chi connectivity index (χ4v) is 1.67. The zero-order valence-electron chi connectivity index (χ0n) is 15.9. The summed E-state index contributed by atoms with van der Waals surface area (Å²) in [5.74, 6) is -1.18. The largest absolute Gasteiger partial charge is 0.450 e. The molecule has 1 amide bonds. The highest BCUT2D eigenvalue weighted by Gasteiger charge is 2.06. The summed E-state index contributed by atoms with van der Waals surface area (Å²) in [4.78, 5) is 11.4. The minimum Gasteiger partial charge on any atom is -0.450 e. The lowest BCUT2D eigenvalue weighted by Gasteiger charge is -2.11. The normalized spacial score (nSPS) is 12.6. The molecule has 0 unspecified atom stereocenters. The molecule has 0 aromatic heterocycles. The van der Waals surface area contributed by atoms with Crippen LogP contribution in [0.1, 0.15) is 18.0 Å². The molecule has 5 nitrogen and oxygen atoms in total. The predicted molar refractivity (Wildman–Crippen MR) is 85.2 cm³/mol. The third-order valence-corrected chi connectivity index (χ3v) is 2.68. The summed E-state index contributed by atoms with van der Waals surface area (Å²) in [5.41, 5.74) is 7.06. The van der Waals surface area contributed by atoms with Crippen molar-refractivity contribution in [1.82, 2.24) is 0 Å². The van der Waals surface area contributed by atoms with Gasteiger partial charge >= 0.3 is 6.09 Å². The van der Waals surface area contributed by atoms with Crippen LogP contribution in [0.5, 0.6) is 0 Å². The molecule has 0 aliphatic rings. The van der Waals surface area contributed by atoms with Gasteiger partial charge in [0, 0.05) is 12.2 Å². The topological polar surface area (TPSA) is 76.4 Å². The van der Waals surface area contributed by atoms with Crippen molar-refractivity contribution in [2.24, 2.45) is 0 Å². The van der Waals surface area contributed by atoms with E-state index >= 15 is 0 Å². The number of carbonyl (C=O) groups excluding carboxylic acids is 1. The lowest BCUT2D eigenvalue weighted by Crippen LogP contribution is -2.14. The average Bonchev–Trinajstić information content (AvgIpc) is 2.60. The fourth-order valence-electron chi connectivity index (χ4n) is 1.67. The monoisotopic (exact) mass is 307 g/mol. The van der Waals surface area contributed by atoms with Gasteiger partial charge in [0.1, 0.15) is 5.82 Å². The molecule has 2 aromatic carbocycles. The molecule has 0 spiro atoms. The third-order valence-electron chi connectivity index (χ3n) is 2.68. The molecule has 2 aromatic rings. The van der Waals surface area contributed by atoms with Crippen molar-refractivity contribution in [1.29, 1.82) is 0 Å². The number of benzene rings is 2. The van der Waals surface area contributed by atoms with Crippen LogP contribution in [0, 0.1) is 5.82 Å². The maximum absolute atomic E-state index is 13.6. The predicted octanol–water partition coefficient (Wildman–Crippen LogP) is 3.59. The van der Waals surface area contributed by atoms with Crippen LogP contribution in [-0.2, 0) is 11.3 Å². The van der Waals surface area contributed by atoms with Gasteiger partial charge in [0.2, 0.25) is 0 Å². The number of hydrogen-bond acceptors (Lipinski definition) is 4. The summed E-state index contributed by atoms with van der Waals surface area (Å²) < 4.78 is 48.9. The number of amides is 1. The van der Waals surface area contributed by atoms with Gasteiger partial charge in [-0.15, -0.1) is 0 Å². The second-order valence-corrected chi connectivity index (χ2v) is 4.29. The van der Waals surface area contributed by atoms with E-state index in [0.717, 1.165) is 0 Å². The molecule has 4 N–H and O–H groups in total. The summed E-state index contributed by atoms with van der Waals surface area (Å²) in [7, 11) is 0. The molecule has 0 aliphatic carbocycles. The van der Waals surface area contributed by atoms with E-state index < -0.39 is 36.1 Å². The molecule has 0 saturated heterocycles. The number of nitrogens with two attached hydrogens (primary N) is 1. The van der Waals surface area contributed by atoms with Crippen molar-refractivity contribution in [2.45, 2.75) is 13.5 Å². The standard InChI is InChI=1S/C16H18FN3O2/c1-2-22-16(21)20-15-8-7-13(9-14(15)18)19-10-11-3-5-12(17)6-4-11/h3-9,19H,2,10,18H2,1H3,(H,20,21)/i3D,4D,5D,6D. The van der Waals surface area contributed by atoms with Gasteiger partial charge in [0.05, 0.1) is 23.5 Å². The van der Waals surface area contributed by atoms with E-state index in [-0.39, 0.29) is 24.4 Å². The minimum absolute atomic E-state index is 0.0358. The molecule has 116 valence electrons. The number of halogens is 1. The number of nitrogen functional groups attached to an aromatic ring is 1. The van der Waals surface area contributed by atoms with E-state index in [4.69, 9.17) is 16.0 Å². The van der Waals surface area contributed by atoms with Crippen molar-refractivity contribution in [3.63, 3.8) is 0 Å². The van der Waals surface area contributed by atoms with Gasteiger partial charge in [-0.3, -0.25) is 5.32 Å². The van der Waals surface area contributed by atoms with E-state index in [1.807, 2.05) is 0 Å². The summed E-state index contributed by atoms with van der Waals surface area (Å²) in [5, 5.41) is 5.40. The van der Waals surface area contributed by atoms with Crippen LogP contribution in [0.25, 0.3) is 0 Å². The van der Waals surface area contributed by atoms with Gasteiger partial charge in [-0.05, 0) is 42.8 Å². The molecule has 0 saturated carbocycles. The molecule has 0 radical (unpaired) electrons. The number of ether oxygens (including phenoxy) is 1. The number of rotatable bonds is 5. The second-order valence-electron chi connectivity index (χ2n) is 4.29. The Morgan fingerprint density at radius 3 is 2.73 bits per heavy atom. The van der Waals surface area contributed by atoms with E-state index in [1.54, 1.807) is 19.1 Å². The average molecular weight is 307 g/mol. The van der Waals surface area contributed by atoms with E-state index in [1.165, 1.54) is 6.07 Å². The van der Waals surface area contributed by atoms with Crippen molar-refractivity contribution in [2.75, 3.05) is 23.0 Å². The Hall–Kier alpha value is -2.76. The van der Waals surface area contributed by atoms with Gasteiger partial charge in [-0.2, -0.15) is 0 Å². The summed E-state index contributed by atoms with van der Waals surface area (Å²) in [6, 6.07) is 2.38.